The summed E-state index contributed by atoms with van der Waals surface area (Å²) in [5.41, 5.74) is 3.85. The lowest BCUT2D eigenvalue weighted by Gasteiger charge is -2.28. The van der Waals surface area contributed by atoms with Crippen LogP contribution < -0.4 is 10.5 Å². The van der Waals surface area contributed by atoms with Crippen molar-refractivity contribution in [2.45, 2.75) is 45.8 Å². The predicted molar refractivity (Wildman–Crippen MR) is 69.2 cm³/mol. The van der Waals surface area contributed by atoms with E-state index in [0.717, 1.165) is 0 Å². The van der Waals surface area contributed by atoms with Crippen molar-refractivity contribution in [2.24, 2.45) is 0 Å². The van der Waals surface area contributed by atoms with Crippen LogP contribution in [0.2, 0.25) is 0 Å². The Kier molecular flexibility index (Phi) is 3.84. The number of rotatable bonds is 3. The zero-order chi connectivity index (χ0) is 14.0. The van der Waals surface area contributed by atoms with Gasteiger partial charge < -0.3 is 15.2 Å². The third-order valence-electron chi connectivity index (χ3n) is 2.02. The smallest absolute Gasteiger partial charge is 0.350 e. The van der Waals surface area contributed by atoms with Gasteiger partial charge in [0, 0.05) is 0 Å². The highest BCUT2D eigenvalue weighted by Crippen LogP contribution is 2.21. The maximum Gasteiger partial charge on any atom is 0.350 e. The molecular formula is C13H20N2O3. The van der Waals surface area contributed by atoms with Crippen LogP contribution in [0.1, 0.15) is 34.6 Å². The van der Waals surface area contributed by atoms with E-state index in [0.29, 0.717) is 11.6 Å². The number of hydrogen-bond donors (Lipinski definition) is 1. The molecule has 0 aliphatic carbocycles. The number of nitrogens with two attached hydrogens (primary N) is 1. The summed E-state index contributed by atoms with van der Waals surface area (Å²) >= 11 is 0. The molecule has 1 rings (SSSR count). The van der Waals surface area contributed by atoms with Gasteiger partial charge in [0.2, 0.25) is 0 Å². The Balaban J connectivity index is 2.75. The number of carbonyl (C=O) groups is 1. The van der Waals surface area contributed by atoms with Gasteiger partial charge in [-0.15, -0.1) is 0 Å². The van der Waals surface area contributed by atoms with E-state index in [-0.39, 0.29) is 0 Å². The van der Waals surface area contributed by atoms with Crippen molar-refractivity contribution in [3.63, 3.8) is 0 Å². The van der Waals surface area contributed by atoms with Crippen LogP contribution in [-0.4, -0.2) is 22.2 Å². The SMILES string of the molecule is CC(C)(C)OC(=O)C(C)(C)Oc1ccc(N)nc1. The topological polar surface area (TPSA) is 74.4 Å². The van der Waals surface area contributed by atoms with Crippen molar-refractivity contribution < 1.29 is 14.3 Å². The number of hydrogen-bond acceptors (Lipinski definition) is 5. The number of anilines is 1. The molecule has 5 heteroatoms. The normalized spacial score (nSPS) is 12.1. The van der Waals surface area contributed by atoms with E-state index in [4.69, 9.17) is 15.2 Å². The van der Waals surface area contributed by atoms with Gasteiger partial charge in [0.25, 0.3) is 0 Å². The van der Waals surface area contributed by atoms with Gasteiger partial charge in [0.1, 0.15) is 17.2 Å². The van der Waals surface area contributed by atoms with Crippen molar-refractivity contribution in [3.8, 4) is 5.75 Å². The van der Waals surface area contributed by atoms with Gasteiger partial charge in [-0.1, -0.05) is 0 Å². The Morgan fingerprint density at radius 3 is 2.28 bits per heavy atom. The van der Waals surface area contributed by atoms with Crippen molar-refractivity contribution >= 4 is 11.8 Å². The zero-order valence-corrected chi connectivity index (χ0v) is 11.5. The van der Waals surface area contributed by atoms with Crippen LogP contribution in [0.4, 0.5) is 5.82 Å². The van der Waals surface area contributed by atoms with Gasteiger partial charge in [-0.2, -0.15) is 0 Å². The van der Waals surface area contributed by atoms with Crippen molar-refractivity contribution in [2.75, 3.05) is 5.73 Å². The molecule has 0 radical (unpaired) electrons. The molecule has 0 aliphatic rings. The van der Waals surface area contributed by atoms with E-state index in [9.17, 15) is 4.79 Å². The molecule has 0 saturated carbocycles. The van der Waals surface area contributed by atoms with Crippen LogP contribution in [0.5, 0.6) is 5.75 Å². The molecule has 1 aromatic heterocycles. The van der Waals surface area contributed by atoms with Crippen molar-refractivity contribution in [1.29, 1.82) is 0 Å². The molecule has 0 bridgehead atoms. The second-order valence-corrected chi connectivity index (χ2v) is 5.53. The van der Waals surface area contributed by atoms with Gasteiger partial charge in [0.15, 0.2) is 5.60 Å². The minimum Gasteiger partial charge on any atom is -0.475 e. The Hall–Kier alpha value is -1.78. The fourth-order valence-electron chi connectivity index (χ4n) is 1.19. The molecular weight excluding hydrogens is 232 g/mol. The van der Waals surface area contributed by atoms with E-state index in [1.54, 1.807) is 26.0 Å². The maximum absolute atomic E-state index is 12.0. The number of pyridine rings is 1. The summed E-state index contributed by atoms with van der Waals surface area (Å²) in [5.74, 6) is 0.448. The second kappa shape index (κ2) is 4.84. The minimum atomic E-state index is -1.08. The monoisotopic (exact) mass is 252 g/mol. The summed E-state index contributed by atoms with van der Waals surface area (Å²) in [7, 11) is 0. The second-order valence-electron chi connectivity index (χ2n) is 5.53. The van der Waals surface area contributed by atoms with Crippen LogP contribution in [0.3, 0.4) is 0 Å². The zero-order valence-electron chi connectivity index (χ0n) is 11.5. The Morgan fingerprint density at radius 2 is 1.83 bits per heavy atom. The molecule has 5 nitrogen and oxygen atoms in total. The molecule has 0 amide bonds. The number of ether oxygens (including phenoxy) is 2. The lowest BCUT2D eigenvalue weighted by molar-refractivity contribution is -0.170. The molecule has 1 aromatic rings. The van der Waals surface area contributed by atoms with Gasteiger partial charge in [-0.25, -0.2) is 9.78 Å². The van der Waals surface area contributed by atoms with Gasteiger partial charge in [-0.3, -0.25) is 0 Å². The van der Waals surface area contributed by atoms with Crippen molar-refractivity contribution in [3.05, 3.63) is 18.3 Å². The van der Waals surface area contributed by atoms with Crippen molar-refractivity contribution in [1.82, 2.24) is 4.98 Å². The highest BCUT2D eigenvalue weighted by molar-refractivity contribution is 5.79. The van der Waals surface area contributed by atoms with Crippen LogP contribution in [0.25, 0.3) is 0 Å². The Morgan fingerprint density at radius 1 is 1.22 bits per heavy atom. The Labute approximate surface area is 107 Å². The first-order chi connectivity index (χ1) is 8.10. The molecule has 2 N–H and O–H groups in total. The summed E-state index contributed by atoms with van der Waals surface area (Å²) in [6.07, 6.45) is 1.47. The predicted octanol–water partition coefficient (Wildman–Crippen LogP) is 2.16. The van der Waals surface area contributed by atoms with Crippen LogP contribution in [0, 0.1) is 0 Å². The minimum absolute atomic E-state index is 0.400. The summed E-state index contributed by atoms with van der Waals surface area (Å²) in [6, 6.07) is 3.27. The van der Waals surface area contributed by atoms with E-state index in [1.165, 1.54) is 6.20 Å². The number of aromatic nitrogens is 1. The number of nitrogens with zero attached hydrogens (tertiary/aromatic N) is 1. The molecule has 1 heterocycles. The first-order valence-electron chi connectivity index (χ1n) is 5.74. The van der Waals surface area contributed by atoms with Gasteiger partial charge >= 0.3 is 5.97 Å². The van der Waals surface area contributed by atoms with E-state index >= 15 is 0 Å². The standard InChI is InChI=1S/C13H20N2O3/c1-12(2,3)18-11(16)13(4,5)17-9-6-7-10(14)15-8-9/h6-8H,1-5H3,(H2,14,15). The van der Waals surface area contributed by atoms with Gasteiger partial charge in [-0.05, 0) is 46.8 Å². The lowest BCUT2D eigenvalue weighted by atomic mass is 10.1. The Bertz CT molecular complexity index is 419. The molecule has 0 aromatic carbocycles. The summed E-state index contributed by atoms with van der Waals surface area (Å²) in [4.78, 5) is 15.9. The van der Waals surface area contributed by atoms with E-state index < -0.39 is 17.2 Å². The fourth-order valence-corrected chi connectivity index (χ4v) is 1.19. The van der Waals surface area contributed by atoms with Crippen LogP contribution >= 0.6 is 0 Å². The third kappa shape index (κ3) is 4.24. The average Bonchev–Trinajstić information content (AvgIpc) is 2.18. The first-order valence-corrected chi connectivity index (χ1v) is 5.74. The van der Waals surface area contributed by atoms with E-state index in [1.807, 2.05) is 20.8 Å². The molecule has 0 fully saturated rings. The average molecular weight is 252 g/mol. The van der Waals surface area contributed by atoms with E-state index in [2.05, 4.69) is 4.98 Å². The van der Waals surface area contributed by atoms with Gasteiger partial charge in [0.05, 0.1) is 6.20 Å². The lowest BCUT2D eigenvalue weighted by Crippen LogP contribution is -2.43. The maximum atomic E-state index is 12.0. The number of carbonyl (C=O) groups excluding carboxylic acids is 1. The molecule has 0 unspecified atom stereocenters. The molecule has 0 spiro atoms. The highest BCUT2D eigenvalue weighted by atomic mass is 16.6. The molecule has 100 valence electrons. The molecule has 0 aliphatic heterocycles. The number of esters is 1. The third-order valence-corrected chi connectivity index (χ3v) is 2.02. The summed E-state index contributed by atoms with van der Waals surface area (Å²) in [5, 5.41) is 0. The molecule has 0 saturated heterocycles. The van der Waals surface area contributed by atoms with Crippen LogP contribution in [0.15, 0.2) is 18.3 Å². The molecule has 0 atom stereocenters. The highest BCUT2D eigenvalue weighted by Gasteiger charge is 2.34. The summed E-state index contributed by atoms with van der Waals surface area (Å²) < 4.78 is 10.9. The largest absolute Gasteiger partial charge is 0.475 e. The molecule has 18 heavy (non-hydrogen) atoms. The van der Waals surface area contributed by atoms with Crippen LogP contribution in [-0.2, 0) is 9.53 Å². The number of nitrogen functional groups attached to an aromatic ring is 1. The summed E-state index contributed by atoms with van der Waals surface area (Å²) in [6.45, 7) is 8.73. The fraction of sp³-hybridized carbons (Fsp3) is 0.538. The first kappa shape index (κ1) is 14.3. The quantitative estimate of drug-likeness (QED) is 0.834.